The Morgan fingerprint density at radius 2 is 2.00 bits per heavy atom. The fraction of sp³-hybridized carbons (Fsp3) is 0.400. The molecule has 3 rings (SSSR count). The van der Waals surface area contributed by atoms with E-state index in [9.17, 15) is 0 Å². The number of rotatable bonds is 4. The maximum atomic E-state index is 4.70. The van der Waals surface area contributed by atoms with Crippen LogP contribution in [0.25, 0.3) is 11.0 Å². The van der Waals surface area contributed by atoms with E-state index >= 15 is 0 Å². The molecule has 0 unspecified atom stereocenters. The lowest BCUT2D eigenvalue weighted by molar-refractivity contribution is 0.762. The maximum Gasteiger partial charge on any atom is 0.205 e. The van der Waals surface area contributed by atoms with Crippen LogP contribution in [0, 0.1) is 0 Å². The van der Waals surface area contributed by atoms with Crippen molar-refractivity contribution in [1.82, 2.24) is 18.9 Å². The first-order valence-electron chi connectivity index (χ1n) is 7.01. The first kappa shape index (κ1) is 14.0. The molecule has 0 radical (unpaired) electrons. The summed E-state index contributed by atoms with van der Waals surface area (Å²) < 4.78 is 6.54. The largest absolute Gasteiger partial charge is 0.342 e. The van der Waals surface area contributed by atoms with Gasteiger partial charge in [0.1, 0.15) is 11.6 Å². The number of imidazole rings is 1. The van der Waals surface area contributed by atoms with Gasteiger partial charge in [0, 0.05) is 31.5 Å². The van der Waals surface area contributed by atoms with E-state index in [1.165, 1.54) is 11.5 Å². The average molecular weight is 301 g/mol. The van der Waals surface area contributed by atoms with Crippen LogP contribution in [0.1, 0.15) is 31.4 Å². The van der Waals surface area contributed by atoms with Gasteiger partial charge in [-0.2, -0.15) is 4.37 Å². The number of para-hydroxylation sites is 2. The quantitative estimate of drug-likeness (QED) is 0.742. The number of nitrogens with zero attached hydrogens (tertiary/aromatic N) is 5. The molecule has 0 aliphatic carbocycles. The number of hydrogen-bond donors (Lipinski definition) is 0. The molecule has 0 spiro atoms. The SMILES string of the molecule is CC(C)c1nsc(N(C)Cc2nc3ccccc3n2C)n1. The van der Waals surface area contributed by atoms with Gasteiger partial charge in [-0.3, -0.25) is 0 Å². The van der Waals surface area contributed by atoms with Crippen molar-refractivity contribution in [3.63, 3.8) is 0 Å². The van der Waals surface area contributed by atoms with Crippen LogP contribution in [0.5, 0.6) is 0 Å². The third-order valence-electron chi connectivity index (χ3n) is 3.53. The molecule has 5 nitrogen and oxygen atoms in total. The number of aryl methyl sites for hydroxylation is 1. The van der Waals surface area contributed by atoms with Crippen LogP contribution >= 0.6 is 11.5 Å². The van der Waals surface area contributed by atoms with Crippen molar-refractivity contribution in [2.45, 2.75) is 26.3 Å². The van der Waals surface area contributed by atoms with Crippen LogP contribution in [0.15, 0.2) is 24.3 Å². The summed E-state index contributed by atoms with van der Waals surface area (Å²) in [6.07, 6.45) is 0. The maximum absolute atomic E-state index is 4.70. The first-order chi connectivity index (χ1) is 10.1. The van der Waals surface area contributed by atoms with E-state index in [0.717, 1.165) is 34.4 Å². The predicted octanol–water partition coefficient (Wildman–Crippen LogP) is 3.18. The van der Waals surface area contributed by atoms with Gasteiger partial charge in [0.2, 0.25) is 5.13 Å². The molecular formula is C15H19N5S. The van der Waals surface area contributed by atoms with Crippen molar-refractivity contribution in [3.8, 4) is 0 Å². The van der Waals surface area contributed by atoms with Crippen LogP contribution in [0.2, 0.25) is 0 Å². The summed E-state index contributed by atoms with van der Waals surface area (Å²) in [5, 5.41) is 0.936. The van der Waals surface area contributed by atoms with Gasteiger partial charge in [-0.1, -0.05) is 26.0 Å². The molecule has 2 heterocycles. The number of hydrogen-bond acceptors (Lipinski definition) is 5. The summed E-state index contributed by atoms with van der Waals surface area (Å²) in [6.45, 7) is 4.94. The van der Waals surface area contributed by atoms with Gasteiger partial charge in [-0.05, 0) is 12.1 Å². The van der Waals surface area contributed by atoms with E-state index in [1.54, 1.807) is 0 Å². The van der Waals surface area contributed by atoms with E-state index in [1.807, 2.05) is 25.2 Å². The second-order valence-corrected chi connectivity index (χ2v) is 6.25. The number of benzene rings is 1. The van der Waals surface area contributed by atoms with E-state index in [4.69, 9.17) is 4.98 Å². The summed E-state index contributed by atoms with van der Waals surface area (Å²) in [5.41, 5.74) is 2.18. The zero-order valence-corrected chi connectivity index (χ0v) is 13.6. The van der Waals surface area contributed by atoms with E-state index < -0.39 is 0 Å². The Balaban J connectivity index is 1.85. The minimum atomic E-state index is 0.360. The minimum Gasteiger partial charge on any atom is -0.342 e. The summed E-state index contributed by atoms with van der Waals surface area (Å²) >= 11 is 1.45. The molecule has 1 aromatic carbocycles. The molecule has 0 saturated heterocycles. The van der Waals surface area contributed by atoms with Gasteiger partial charge in [0.25, 0.3) is 0 Å². The highest BCUT2D eigenvalue weighted by molar-refractivity contribution is 7.09. The Hall–Kier alpha value is -1.95. The van der Waals surface area contributed by atoms with Crippen molar-refractivity contribution < 1.29 is 0 Å². The second-order valence-electron chi connectivity index (χ2n) is 5.52. The van der Waals surface area contributed by atoms with Crippen molar-refractivity contribution in [2.24, 2.45) is 7.05 Å². The molecular weight excluding hydrogens is 282 g/mol. The molecule has 0 aliphatic rings. The molecule has 3 aromatic rings. The van der Waals surface area contributed by atoms with Crippen molar-refractivity contribution in [3.05, 3.63) is 35.9 Å². The summed E-state index contributed by atoms with van der Waals surface area (Å²) in [6, 6.07) is 8.19. The molecule has 0 N–H and O–H groups in total. The summed E-state index contributed by atoms with van der Waals surface area (Å²) in [5.74, 6) is 2.30. The van der Waals surface area contributed by atoms with Gasteiger partial charge in [-0.25, -0.2) is 9.97 Å². The Kier molecular flexibility index (Phi) is 3.63. The second kappa shape index (κ2) is 5.44. The standard InChI is InChI=1S/C15H19N5S/c1-10(2)14-17-15(21-18-14)19(3)9-13-16-11-7-5-6-8-12(11)20(13)4/h5-8,10H,9H2,1-4H3. The molecule has 0 saturated carbocycles. The zero-order chi connectivity index (χ0) is 15.0. The fourth-order valence-electron chi connectivity index (χ4n) is 2.23. The van der Waals surface area contributed by atoms with Crippen molar-refractivity contribution in [1.29, 1.82) is 0 Å². The van der Waals surface area contributed by atoms with E-state index in [0.29, 0.717) is 5.92 Å². The summed E-state index contributed by atoms with van der Waals surface area (Å²) in [4.78, 5) is 11.4. The van der Waals surface area contributed by atoms with Gasteiger partial charge in [0.05, 0.1) is 17.6 Å². The van der Waals surface area contributed by atoms with Gasteiger partial charge < -0.3 is 9.47 Å². The Labute approximate surface area is 128 Å². The van der Waals surface area contributed by atoms with Gasteiger partial charge in [-0.15, -0.1) is 0 Å². The molecule has 0 bridgehead atoms. The highest BCUT2D eigenvalue weighted by atomic mass is 32.1. The highest BCUT2D eigenvalue weighted by Gasteiger charge is 2.14. The Bertz CT molecular complexity index is 758. The predicted molar refractivity (Wildman–Crippen MR) is 86.8 cm³/mol. The van der Waals surface area contributed by atoms with Crippen LogP contribution in [0.4, 0.5) is 5.13 Å². The molecule has 110 valence electrons. The van der Waals surface area contributed by atoms with E-state index in [-0.39, 0.29) is 0 Å². The first-order valence-corrected chi connectivity index (χ1v) is 7.78. The fourth-order valence-corrected chi connectivity index (χ4v) is 3.00. The normalized spacial score (nSPS) is 11.5. The zero-order valence-electron chi connectivity index (χ0n) is 12.7. The smallest absolute Gasteiger partial charge is 0.205 e. The number of aromatic nitrogens is 4. The molecule has 6 heteroatoms. The summed E-state index contributed by atoms with van der Waals surface area (Å²) in [7, 11) is 4.09. The lowest BCUT2D eigenvalue weighted by Crippen LogP contribution is -2.19. The third-order valence-corrected chi connectivity index (χ3v) is 4.38. The minimum absolute atomic E-state index is 0.360. The Morgan fingerprint density at radius 1 is 1.24 bits per heavy atom. The lowest BCUT2D eigenvalue weighted by atomic mass is 10.2. The van der Waals surface area contributed by atoms with Crippen LogP contribution in [-0.2, 0) is 13.6 Å². The van der Waals surface area contributed by atoms with Crippen molar-refractivity contribution >= 4 is 27.7 Å². The van der Waals surface area contributed by atoms with Crippen LogP contribution in [-0.4, -0.2) is 26.0 Å². The van der Waals surface area contributed by atoms with Crippen LogP contribution in [0.3, 0.4) is 0 Å². The Morgan fingerprint density at radius 3 is 2.67 bits per heavy atom. The molecule has 0 fully saturated rings. The van der Waals surface area contributed by atoms with Gasteiger partial charge >= 0.3 is 0 Å². The molecule has 0 aliphatic heterocycles. The van der Waals surface area contributed by atoms with Crippen LogP contribution < -0.4 is 4.90 Å². The monoisotopic (exact) mass is 301 g/mol. The number of anilines is 1. The van der Waals surface area contributed by atoms with Gasteiger partial charge in [0.15, 0.2) is 0 Å². The lowest BCUT2D eigenvalue weighted by Gasteiger charge is -2.14. The topological polar surface area (TPSA) is 46.8 Å². The molecule has 0 amide bonds. The molecule has 2 aromatic heterocycles. The highest BCUT2D eigenvalue weighted by Crippen LogP contribution is 2.22. The molecule has 0 atom stereocenters. The number of fused-ring (bicyclic) bond motifs is 1. The molecule has 21 heavy (non-hydrogen) atoms. The van der Waals surface area contributed by atoms with Crippen molar-refractivity contribution in [2.75, 3.05) is 11.9 Å². The third kappa shape index (κ3) is 2.63. The van der Waals surface area contributed by atoms with E-state index in [2.05, 4.69) is 45.8 Å². The average Bonchev–Trinajstić information content (AvgIpc) is 3.06.